The summed E-state index contributed by atoms with van der Waals surface area (Å²) >= 11 is 0. The quantitative estimate of drug-likeness (QED) is 0.0483. The number of aliphatic hydroxyl groups is 15. The second kappa shape index (κ2) is 27.1. The predicted octanol–water partition coefficient (Wildman–Crippen LogP) is -2.57. The van der Waals surface area contributed by atoms with Gasteiger partial charge in [0.05, 0.1) is 43.0 Å². The van der Waals surface area contributed by atoms with Crippen molar-refractivity contribution in [3.8, 4) is 0 Å². The average molecular weight is 1370 g/mol. The van der Waals surface area contributed by atoms with E-state index < -0.39 is 226 Å². The van der Waals surface area contributed by atoms with Crippen LogP contribution in [0.3, 0.4) is 0 Å². The molecule has 5 aliphatic carbocycles. The molecule has 10 fully saturated rings. The first-order valence-corrected chi connectivity index (χ1v) is 33.8. The fourth-order valence-electron chi connectivity index (χ4n) is 19.0. The van der Waals surface area contributed by atoms with Crippen LogP contribution >= 0.6 is 0 Å². The highest BCUT2D eigenvalue weighted by Gasteiger charge is 2.71. The number of rotatable bonds is 14. The van der Waals surface area contributed by atoms with Crippen molar-refractivity contribution in [2.24, 2.45) is 50.2 Å². The number of carboxylic acids is 1. The Morgan fingerprint density at radius 2 is 1.04 bits per heavy atom. The van der Waals surface area contributed by atoms with E-state index in [-0.39, 0.29) is 34.0 Å². The van der Waals surface area contributed by atoms with Gasteiger partial charge in [0.2, 0.25) is 6.29 Å². The lowest BCUT2D eigenvalue weighted by atomic mass is 9.33. The summed E-state index contributed by atoms with van der Waals surface area (Å²) in [5, 5.41) is 175. The first-order valence-electron chi connectivity index (χ1n) is 33.8. The monoisotopic (exact) mass is 1360 g/mol. The van der Waals surface area contributed by atoms with Gasteiger partial charge in [-0.25, -0.2) is 4.79 Å². The van der Waals surface area contributed by atoms with Gasteiger partial charge in [-0.2, -0.15) is 0 Å². The zero-order chi connectivity index (χ0) is 69.5. The minimum absolute atomic E-state index is 0.0171. The first-order chi connectivity index (χ1) is 44.4. The molecule has 4 saturated carbocycles. The lowest BCUT2D eigenvalue weighted by Crippen LogP contribution is -2.67. The second-order valence-corrected chi connectivity index (χ2v) is 31.4. The topological polar surface area (TPSA) is 469 Å². The minimum Gasteiger partial charge on any atom is -0.479 e. The van der Waals surface area contributed by atoms with Crippen molar-refractivity contribution in [2.45, 2.75) is 318 Å². The molecule has 30 heteroatoms. The highest BCUT2D eigenvalue weighted by molar-refractivity contribution is 5.79. The predicted molar refractivity (Wildman–Crippen MR) is 318 cm³/mol. The molecule has 0 spiro atoms. The Morgan fingerprint density at radius 3 is 1.65 bits per heavy atom. The minimum atomic E-state index is -2.05. The molecule has 30 nitrogen and oxygen atoms in total. The highest BCUT2D eigenvalue weighted by atomic mass is 16.8. The van der Waals surface area contributed by atoms with Crippen LogP contribution < -0.4 is 0 Å². The third kappa shape index (κ3) is 12.6. The Bertz CT molecular complexity index is 2740. The molecule has 11 aliphatic rings. The molecule has 0 aromatic heterocycles. The smallest absolute Gasteiger partial charge is 0.335 e. The van der Waals surface area contributed by atoms with Crippen molar-refractivity contribution in [2.75, 3.05) is 13.2 Å². The van der Waals surface area contributed by atoms with Crippen molar-refractivity contribution >= 4 is 11.9 Å². The molecule has 37 atom stereocenters. The van der Waals surface area contributed by atoms with Gasteiger partial charge in [0.25, 0.3) is 0 Å². The van der Waals surface area contributed by atoms with E-state index >= 15 is 4.79 Å². The van der Waals surface area contributed by atoms with Crippen LogP contribution in [0, 0.1) is 50.2 Å². The van der Waals surface area contributed by atoms with Crippen molar-refractivity contribution < 1.29 is 148 Å². The van der Waals surface area contributed by atoms with Crippen molar-refractivity contribution in [1.82, 2.24) is 0 Å². The molecule has 95 heavy (non-hydrogen) atoms. The molecule has 0 aromatic carbocycles. The van der Waals surface area contributed by atoms with E-state index in [1.54, 1.807) is 0 Å². The van der Waals surface area contributed by atoms with Gasteiger partial charge >= 0.3 is 11.9 Å². The number of hydrogen-bond donors (Lipinski definition) is 16. The zero-order valence-electron chi connectivity index (χ0n) is 55.5. The summed E-state index contributed by atoms with van der Waals surface area (Å²) in [6.07, 6.45) is -40.3. The molecule has 0 aromatic rings. The van der Waals surface area contributed by atoms with Crippen LogP contribution in [0.2, 0.25) is 0 Å². The summed E-state index contributed by atoms with van der Waals surface area (Å²) in [6, 6.07) is 0. The summed E-state index contributed by atoms with van der Waals surface area (Å²) in [4.78, 5) is 28.2. The lowest BCUT2D eigenvalue weighted by Gasteiger charge is -2.71. The number of ether oxygens (including phenoxy) is 12. The SMILES string of the molecule is C[C@@H]1O[C@@H](O[C@@H]2[C@@H](O)[C@H](O[C@H]3[C@H](O[C@H]4CC[C@@]5(C)C(CC[C@]6(C)C5CC=C5[C@@H]7CC(C)(C)CC[C@]7(C(=O)O[C@@H]7O[C@H](CO)[C@@H](O)[C@H](O)[C@H]7O[C@@H]7O[C@@H](C)[C@H](O[C@@H]8O[C@@H](C)[C@H](O)[C@@H](O)[C@H]8O)[C@@H](O)[C@H]7O)CC[C@]56C)C4(C)C)O[C@H](C(=O)O)[C@@H](O)[C@@H]3O)OC[C@H]2O)[C@H](O)[C@H](O)[C@H]1O. The average Bonchev–Trinajstić information content (AvgIpc) is 0.675. The standard InChI is InChI=1S/C65H104O30/c1-24-34(68)37(71)43(77)54(85-24)90-47-26(3)87-56(45(79)42(47)76)94-50-39(73)36(70)30(22-66)88-57(50)95-59(83)65-19-17-60(4,5)21-28(65)27-11-12-32-62(8)15-14-33(61(6,7)31(62)13-16-64(32,10)63(27,9)18-20-65)89-58-51(41(75)40(74)49(92-58)52(81)82)93-53-46(80)48(29(67)23-84-53)91-55-44(78)38(72)35(69)25(2)86-55/h11,24-26,28-51,53-58,66-80H,12-23H2,1-10H3,(H,81,82)/t24-,25-,26-,28-,29+,30+,31?,32?,33-,34-,35-,36+,37+,38+,39-,40-,41-,42-,43+,44+,45+,46+,47-,48-,49-,50+,51+,53-,54-,55-,56-,57-,58+,62-,63+,64+,65-/m0/s1. The van der Waals surface area contributed by atoms with Gasteiger partial charge in [-0.3, -0.25) is 4.79 Å². The third-order valence-corrected chi connectivity index (χ3v) is 25.1. The highest BCUT2D eigenvalue weighted by Crippen LogP contribution is 2.76. The molecule has 2 unspecified atom stereocenters. The number of fused-ring (bicyclic) bond motifs is 7. The number of aliphatic carboxylic acids is 1. The fraction of sp³-hybridized carbons (Fsp3) is 0.938. The summed E-state index contributed by atoms with van der Waals surface area (Å²) in [6.45, 7) is 18.5. The molecular formula is C65H104O30. The number of hydrogen-bond acceptors (Lipinski definition) is 29. The number of carboxylic acid groups (broad SMARTS) is 1. The van der Waals surface area contributed by atoms with Gasteiger partial charge in [-0.15, -0.1) is 0 Å². The molecule has 0 bridgehead atoms. The Hall–Kier alpha value is -2.36. The molecule has 6 aliphatic heterocycles. The molecule has 6 saturated heterocycles. The maximum Gasteiger partial charge on any atom is 0.335 e. The molecule has 16 N–H and O–H groups in total. The maximum atomic E-state index is 15.6. The Morgan fingerprint density at radius 1 is 0.505 bits per heavy atom. The maximum absolute atomic E-state index is 15.6. The Balaban J connectivity index is 0.807. The van der Waals surface area contributed by atoms with E-state index in [0.29, 0.717) is 51.4 Å². The summed E-state index contributed by atoms with van der Waals surface area (Å²) < 4.78 is 72.0. The second-order valence-electron chi connectivity index (χ2n) is 31.4. The molecule has 6 heterocycles. The van der Waals surface area contributed by atoms with Gasteiger partial charge in [-0.1, -0.05) is 60.1 Å². The zero-order valence-corrected chi connectivity index (χ0v) is 55.5. The van der Waals surface area contributed by atoms with Gasteiger partial charge in [0, 0.05) is 0 Å². The number of carbonyl (C=O) groups excluding carboxylic acids is 1. The fourth-order valence-corrected chi connectivity index (χ4v) is 19.0. The first kappa shape index (κ1) is 73.8. The molecule has 544 valence electrons. The van der Waals surface area contributed by atoms with Crippen LogP contribution in [0.15, 0.2) is 11.6 Å². The van der Waals surface area contributed by atoms with Gasteiger partial charge in [-0.05, 0) is 130 Å². The number of esters is 1. The van der Waals surface area contributed by atoms with Crippen LogP contribution in [0.1, 0.15) is 133 Å². The Labute approximate surface area is 551 Å². The van der Waals surface area contributed by atoms with Crippen LogP contribution in [0.25, 0.3) is 0 Å². The third-order valence-electron chi connectivity index (χ3n) is 25.1. The van der Waals surface area contributed by atoms with Gasteiger partial charge in [0.1, 0.15) is 110 Å². The number of carbonyl (C=O) groups is 2. The van der Waals surface area contributed by atoms with Crippen molar-refractivity contribution in [1.29, 1.82) is 0 Å². The van der Waals surface area contributed by atoms with E-state index in [0.717, 1.165) is 18.4 Å². The summed E-state index contributed by atoms with van der Waals surface area (Å²) in [7, 11) is 0. The number of allylic oxidation sites excluding steroid dienone is 2. The molecule has 11 rings (SSSR count). The van der Waals surface area contributed by atoms with E-state index in [9.17, 15) is 86.5 Å². The Kier molecular flexibility index (Phi) is 21.1. The van der Waals surface area contributed by atoms with Crippen molar-refractivity contribution in [3.63, 3.8) is 0 Å². The summed E-state index contributed by atoms with van der Waals surface area (Å²) in [5.74, 6) is -2.49. The van der Waals surface area contributed by atoms with Crippen LogP contribution in [-0.2, 0) is 66.4 Å². The van der Waals surface area contributed by atoms with E-state index in [4.69, 9.17) is 56.8 Å². The summed E-state index contributed by atoms with van der Waals surface area (Å²) in [5.41, 5.74) is -1.99. The van der Waals surface area contributed by atoms with Gasteiger partial charge in [0.15, 0.2) is 43.7 Å². The van der Waals surface area contributed by atoms with E-state index in [2.05, 4.69) is 54.5 Å². The van der Waals surface area contributed by atoms with Crippen LogP contribution in [-0.4, -0.2) is 291 Å². The van der Waals surface area contributed by atoms with Crippen molar-refractivity contribution in [3.05, 3.63) is 11.6 Å². The van der Waals surface area contributed by atoms with Gasteiger partial charge < -0.3 is 139 Å². The van der Waals surface area contributed by atoms with E-state index in [1.807, 2.05) is 0 Å². The largest absolute Gasteiger partial charge is 0.479 e. The van der Waals surface area contributed by atoms with E-state index in [1.165, 1.54) is 20.8 Å². The molecule has 0 amide bonds. The normalized spacial score (nSPS) is 54.5. The lowest BCUT2D eigenvalue weighted by molar-refractivity contribution is -0.378. The molecular weight excluding hydrogens is 1260 g/mol. The number of aliphatic hydroxyl groups excluding tert-OH is 15. The molecule has 0 radical (unpaired) electrons. The van der Waals surface area contributed by atoms with Crippen LogP contribution in [0.4, 0.5) is 0 Å². The van der Waals surface area contributed by atoms with Crippen LogP contribution in [0.5, 0.6) is 0 Å².